The van der Waals surface area contributed by atoms with E-state index in [9.17, 15) is 19.2 Å². The van der Waals surface area contributed by atoms with E-state index in [1.54, 1.807) is 31.0 Å². The molecule has 1 atom stereocenters. The molecule has 43 heavy (non-hydrogen) atoms. The Morgan fingerprint density at radius 1 is 1.02 bits per heavy atom. The number of benzene rings is 3. The number of rotatable bonds is 10. The maximum absolute atomic E-state index is 13.4. The highest BCUT2D eigenvalue weighted by molar-refractivity contribution is 6.41. The molecule has 0 saturated carbocycles. The maximum Gasteiger partial charge on any atom is 0.330 e. The third kappa shape index (κ3) is 7.98. The van der Waals surface area contributed by atoms with Crippen LogP contribution >= 0.6 is 34.8 Å². The highest BCUT2D eigenvalue weighted by atomic mass is 35.5. The zero-order chi connectivity index (χ0) is 31.1. The standard InChI is InChI=1S/C31H31Cl3N4O5/c1-3-43-30(41)25(16-35-31(42)37(2)17-19-8-5-4-6-9-19)36-28(39)26-24(33)15-23-22(27(26)34)12-13-38(29(23)40)18-20-10-7-11-21(32)14-20/h4-11,14-15,25H,3,12-13,16-18H2,1-2H3,(H,35,42)(H,36,39). The Morgan fingerprint density at radius 3 is 2.44 bits per heavy atom. The van der Waals surface area contributed by atoms with Crippen LogP contribution in [0.25, 0.3) is 0 Å². The van der Waals surface area contributed by atoms with Gasteiger partial charge < -0.3 is 25.2 Å². The van der Waals surface area contributed by atoms with E-state index in [1.807, 2.05) is 42.5 Å². The fourth-order valence-corrected chi connectivity index (χ4v) is 5.68. The number of esters is 1. The molecule has 4 rings (SSSR count). The van der Waals surface area contributed by atoms with Crippen molar-refractivity contribution in [3.05, 3.63) is 104 Å². The smallest absolute Gasteiger partial charge is 0.330 e. The van der Waals surface area contributed by atoms with Gasteiger partial charge in [-0.25, -0.2) is 9.59 Å². The Morgan fingerprint density at radius 2 is 1.74 bits per heavy atom. The Bertz CT molecular complexity index is 1520. The molecular formula is C31H31Cl3N4O5. The normalized spacial score (nSPS) is 13.1. The van der Waals surface area contributed by atoms with Crippen molar-refractivity contribution in [2.24, 2.45) is 0 Å². The molecule has 0 bridgehead atoms. The molecule has 0 aliphatic carbocycles. The first-order valence-electron chi connectivity index (χ1n) is 13.6. The second-order valence-corrected chi connectivity index (χ2v) is 11.2. The average molecular weight is 646 g/mol. The summed E-state index contributed by atoms with van der Waals surface area (Å²) in [7, 11) is 1.62. The van der Waals surface area contributed by atoms with Crippen molar-refractivity contribution in [2.45, 2.75) is 32.5 Å². The van der Waals surface area contributed by atoms with Crippen LogP contribution in [0.2, 0.25) is 15.1 Å². The summed E-state index contributed by atoms with van der Waals surface area (Å²) in [6, 6.07) is 16.4. The van der Waals surface area contributed by atoms with Gasteiger partial charge in [-0.05, 0) is 48.2 Å². The first-order chi connectivity index (χ1) is 20.6. The molecule has 0 radical (unpaired) electrons. The number of hydrogen-bond donors (Lipinski definition) is 2. The number of ether oxygens (including phenoxy) is 1. The molecule has 0 spiro atoms. The minimum absolute atomic E-state index is 0.0324. The van der Waals surface area contributed by atoms with Crippen LogP contribution in [0.3, 0.4) is 0 Å². The third-order valence-corrected chi connectivity index (χ3v) is 7.85. The van der Waals surface area contributed by atoms with Crippen LogP contribution in [0.15, 0.2) is 60.7 Å². The van der Waals surface area contributed by atoms with Crippen molar-refractivity contribution in [3.63, 3.8) is 0 Å². The molecule has 1 heterocycles. The summed E-state index contributed by atoms with van der Waals surface area (Å²) in [5.74, 6) is -1.75. The number of nitrogens with zero attached hydrogens (tertiary/aromatic N) is 2. The molecule has 12 heteroatoms. The molecule has 4 amide bonds. The van der Waals surface area contributed by atoms with Crippen LogP contribution in [0, 0.1) is 0 Å². The fraction of sp³-hybridized carbons (Fsp3) is 0.290. The summed E-state index contributed by atoms with van der Waals surface area (Å²) in [5, 5.41) is 5.80. The average Bonchev–Trinajstić information content (AvgIpc) is 2.97. The lowest BCUT2D eigenvalue weighted by Crippen LogP contribution is -2.51. The molecule has 1 unspecified atom stereocenters. The molecule has 1 aliphatic heterocycles. The van der Waals surface area contributed by atoms with Gasteiger partial charge >= 0.3 is 12.0 Å². The van der Waals surface area contributed by atoms with E-state index < -0.39 is 23.9 Å². The van der Waals surface area contributed by atoms with Crippen molar-refractivity contribution in [1.29, 1.82) is 0 Å². The minimum Gasteiger partial charge on any atom is -0.464 e. The van der Waals surface area contributed by atoms with E-state index in [2.05, 4.69) is 10.6 Å². The number of hydrogen-bond acceptors (Lipinski definition) is 5. The number of halogens is 3. The maximum atomic E-state index is 13.4. The van der Waals surface area contributed by atoms with Crippen LogP contribution < -0.4 is 10.6 Å². The van der Waals surface area contributed by atoms with Gasteiger partial charge in [0.25, 0.3) is 11.8 Å². The van der Waals surface area contributed by atoms with Crippen molar-refractivity contribution >= 4 is 58.6 Å². The minimum atomic E-state index is -1.22. The fourth-order valence-electron chi connectivity index (χ4n) is 4.75. The van der Waals surface area contributed by atoms with Crippen LogP contribution in [0.4, 0.5) is 4.79 Å². The zero-order valence-corrected chi connectivity index (χ0v) is 25.9. The van der Waals surface area contributed by atoms with Crippen molar-refractivity contribution in [1.82, 2.24) is 20.4 Å². The van der Waals surface area contributed by atoms with Gasteiger partial charge in [-0.15, -0.1) is 0 Å². The van der Waals surface area contributed by atoms with E-state index >= 15 is 0 Å². The second-order valence-electron chi connectivity index (χ2n) is 9.99. The van der Waals surface area contributed by atoms with Crippen LogP contribution in [0.1, 0.15) is 44.3 Å². The predicted octanol–water partition coefficient (Wildman–Crippen LogP) is 5.35. The van der Waals surface area contributed by atoms with E-state index in [4.69, 9.17) is 39.5 Å². The zero-order valence-electron chi connectivity index (χ0n) is 23.7. The van der Waals surface area contributed by atoms with Crippen molar-refractivity contribution in [2.75, 3.05) is 26.7 Å². The van der Waals surface area contributed by atoms with Gasteiger partial charge in [0.2, 0.25) is 0 Å². The van der Waals surface area contributed by atoms with Gasteiger partial charge in [-0.3, -0.25) is 9.59 Å². The van der Waals surface area contributed by atoms with Gasteiger partial charge in [0.1, 0.15) is 6.04 Å². The highest BCUT2D eigenvalue weighted by Gasteiger charge is 2.32. The molecule has 0 aromatic heterocycles. The monoisotopic (exact) mass is 644 g/mol. The van der Waals surface area contributed by atoms with E-state index in [1.165, 1.54) is 11.0 Å². The SMILES string of the molecule is CCOC(=O)C(CNC(=O)N(C)Cc1ccccc1)NC(=O)c1c(Cl)cc2c(c1Cl)CCN(Cc1cccc(Cl)c1)C2=O. The van der Waals surface area contributed by atoms with Crippen LogP contribution in [-0.2, 0) is 29.0 Å². The number of fused-ring (bicyclic) bond motifs is 1. The van der Waals surface area contributed by atoms with Gasteiger partial charge in [0.05, 0.1) is 28.8 Å². The molecule has 0 saturated heterocycles. The predicted molar refractivity (Wildman–Crippen MR) is 166 cm³/mol. The quantitative estimate of drug-likeness (QED) is 0.289. The third-order valence-electron chi connectivity index (χ3n) is 6.90. The Balaban J connectivity index is 1.47. The van der Waals surface area contributed by atoms with Crippen molar-refractivity contribution in [3.8, 4) is 0 Å². The topological polar surface area (TPSA) is 108 Å². The van der Waals surface area contributed by atoms with Gasteiger partial charge in [-0.2, -0.15) is 0 Å². The Labute approximate surface area is 265 Å². The number of carbonyl (C=O) groups excluding carboxylic acids is 4. The molecule has 2 N–H and O–H groups in total. The Hall–Kier alpha value is -3.79. The summed E-state index contributed by atoms with van der Waals surface area (Å²) in [5.41, 5.74) is 2.53. The molecule has 1 aliphatic rings. The summed E-state index contributed by atoms with van der Waals surface area (Å²) in [4.78, 5) is 55.3. The molecule has 3 aromatic carbocycles. The number of amides is 4. The first kappa shape index (κ1) is 32.1. The van der Waals surface area contributed by atoms with E-state index in [0.29, 0.717) is 42.2 Å². The molecule has 226 valence electrons. The van der Waals surface area contributed by atoms with E-state index in [0.717, 1.165) is 11.1 Å². The van der Waals surface area contributed by atoms with Gasteiger partial charge in [0.15, 0.2) is 0 Å². The molecule has 3 aromatic rings. The van der Waals surface area contributed by atoms with Crippen LogP contribution in [0.5, 0.6) is 0 Å². The number of nitrogens with one attached hydrogen (secondary N) is 2. The van der Waals surface area contributed by atoms with Crippen molar-refractivity contribution < 1.29 is 23.9 Å². The summed E-state index contributed by atoms with van der Waals surface area (Å²) >= 11 is 19.3. The lowest BCUT2D eigenvalue weighted by Gasteiger charge is -2.30. The summed E-state index contributed by atoms with van der Waals surface area (Å²) in [6.45, 7) is 2.53. The first-order valence-corrected chi connectivity index (χ1v) is 14.8. The molecule has 0 fully saturated rings. The molecular weight excluding hydrogens is 615 g/mol. The number of carbonyl (C=O) groups is 4. The molecule has 9 nitrogen and oxygen atoms in total. The van der Waals surface area contributed by atoms with Gasteiger partial charge in [0, 0.05) is 37.3 Å². The lowest BCUT2D eigenvalue weighted by molar-refractivity contribution is -0.145. The highest BCUT2D eigenvalue weighted by Crippen LogP contribution is 2.35. The summed E-state index contributed by atoms with van der Waals surface area (Å²) < 4.78 is 5.12. The van der Waals surface area contributed by atoms with Crippen LogP contribution in [-0.4, -0.2) is 66.4 Å². The largest absolute Gasteiger partial charge is 0.464 e. The van der Waals surface area contributed by atoms with Gasteiger partial charge in [-0.1, -0.05) is 77.3 Å². The van der Waals surface area contributed by atoms with E-state index in [-0.39, 0.29) is 34.7 Å². The lowest BCUT2D eigenvalue weighted by atomic mass is 9.95. The Kier molecular flexibility index (Phi) is 10.9. The summed E-state index contributed by atoms with van der Waals surface area (Å²) in [6.07, 6.45) is 0.392. The number of urea groups is 1. The second kappa shape index (κ2) is 14.6.